The Morgan fingerprint density at radius 1 is 0.510 bits per heavy atom. The van der Waals surface area contributed by atoms with E-state index in [4.69, 9.17) is 13.9 Å². The molecule has 0 aliphatic rings. The number of carbonyl (C=O) groups is 1. The fourth-order valence-corrected chi connectivity index (χ4v) is 7.23. The number of carbonyl (C=O) groups excluding carboxylic acids is 1. The highest BCUT2D eigenvalue weighted by atomic mass is 32.1. The normalized spacial score (nSPS) is 11.0. The number of fused-ring (bicyclic) bond motifs is 1. The van der Waals surface area contributed by atoms with Gasteiger partial charge in [0.05, 0.1) is 19.1 Å². The third-order valence-corrected chi connectivity index (χ3v) is 10.2. The molecule has 0 saturated carbocycles. The van der Waals surface area contributed by atoms with Gasteiger partial charge in [0.25, 0.3) is 0 Å². The van der Waals surface area contributed by atoms with Gasteiger partial charge in [-0.05, 0) is 113 Å². The molecule has 0 radical (unpaired) electrons. The van der Waals surface area contributed by atoms with E-state index in [1.54, 1.807) is 31.6 Å². The number of ether oxygens (including phenoxy) is 2. The monoisotopic (exact) mass is 683 g/mol. The molecule has 5 nitrogen and oxygen atoms in total. The molecule has 0 unspecified atom stereocenters. The number of hydrogen-bond donors (Lipinski definition) is 0. The summed E-state index contributed by atoms with van der Waals surface area (Å²) in [6.07, 6.45) is 0.838. The van der Waals surface area contributed by atoms with E-state index in [1.165, 1.54) is 0 Å². The molecule has 0 aliphatic heterocycles. The Bertz CT molecular complexity index is 2330. The molecule has 0 bridgehead atoms. The second-order valence-corrected chi connectivity index (χ2v) is 13.2. The van der Waals surface area contributed by atoms with E-state index in [1.807, 2.05) is 42.5 Å². The molecule has 6 heteroatoms. The number of methoxy groups -OCH3 is 2. The third kappa shape index (κ3) is 6.53. The first-order chi connectivity index (χ1) is 25.1. The standard InChI is InChI=1S/C45H33NO4S/c1-48-40-21-11-33(12-22-40)31-5-15-37(16-6-31)46(38-17-7-32(8-18-38)34-13-23-41(49-2)24-14-34)39-19-9-35(10-20-39)44-25-26-45(51-44)43-28-36-4-3-30(29-47)27-42(36)50-43/h3-29H,1-2H3. The summed E-state index contributed by atoms with van der Waals surface area (Å²) in [5.41, 5.74) is 10.1. The minimum atomic E-state index is 0.603. The van der Waals surface area contributed by atoms with Gasteiger partial charge in [-0.25, -0.2) is 0 Å². The average Bonchev–Trinajstić information content (AvgIpc) is 3.87. The number of aldehydes is 1. The Labute approximate surface area is 300 Å². The largest absolute Gasteiger partial charge is 0.497 e. The van der Waals surface area contributed by atoms with Crippen LogP contribution in [0.3, 0.4) is 0 Å². The van der Waals surface area contributed by atoms with Crippen LogP contribution in [0.25, 0.3) is 54.3 Å². The van der Waals surface area contributed by atoms with Crippen LogP contribution in [0.2, 0.25) is 0 Å². The summed E-state index contributed by atoms with van der Waals surface area (Å²) < 4.78 is 16.8. The van der Waals surface area contributed by atoms with Gasteiger partial charge in [-0.15, -0.1) is 11.3 Å². The number of benzene rings is 6. The minimum absolute atomic E-state index is 0.603. The van der Waals surface area contributed by atoms with Crippen LogP contribution < -0.4 is 14.4 Å². The van der Waals surface area contributed by atoms with Crippen LogP contribution in [-0.2, 0) is 0 Å². The van der Waals surface area contributed by atoms with Crippen molar-refractivity contribution in [1.82, 2.24) is 0 Å². The molecule has 0 aliphatic carbocycles. The van der Waals surface area contributed by atoms with E-state index >= 15 is 0 Å². The Kier molecular flexibility index (Phi) is 8.66. The van der Waals surface area contributed by atoms with Gasteiger partial charge >= 0.3 is 0 Å². The van der Waals surface area contributed by atoms with E-state index in [0.29, 0.717) is 11.1 Å². The number of furan rings is 1. The summed E-state index contributed by atoms with van der Waals surface area (Å²) in [5, 5.41) is 0.976. The fourth-order valence-electron chi connectivity index (χ4n) is 6.26. The SMILES string of the molecule is COc1ccc(-c2ccc(N(c3ccc(-c4ccc(OC)cc4)cc3)c3ccc(-c4ccc(-c5cc6ccc(C=O)cc6o5)s4)cc3)cc2)cc1. The number of anilines is 3. The Morgan fingerprint density at radius 2 is 0.961 bits per heavy atom. The second kappa shape index (κ2) is 13.9. The lowest BCUT2D eigenvalue weighted by Crippen LogP contribution is -2.09. The van der Waals surface area contributed by atoms with Crippen molar-refractivity contribution >= 4 is 45.7 Å². The maximum Gasteiger partial charge on any atom is 0.150 e. The van der Waals surface area contributed by atoms with Crippen LogP contribution in [0.15, 0.2) is 162 Å². The molecule has 51 heavy (non-hydrogen) atoms. The molecule has 8 aromatic rings. The first kappa shape index (κ1) is 31.9. The molecule has 0 atom stereocenters. The molecule has 0 saturated heterocycles. The van der Waals surface area contributed by atoms with Crippen LogP contribution in [-0.4, -0.2) is 20.5 Å². The van der Waals surface area contributed by atoms with Crippen molar-refractivity contribution in [2.45, 2.75) is 0 Å². The van der Waals surface area contributed by atoms with E-state index in [2.05, 4.69) is 114 Å². The number of rotatable bonds is 10. The molecular formula is C45H33NO4S. The van der Waals surface area contributed by atoms with Crippen molar-refractivity contribution in [1.29, 1.82) is 0 Å². The lowest BCUT2D eigenvalue weighted by molar-refractivity contribution is 0.112. The Hall–Kier alpha value is -6.37. The zero-order valence-corrected chi connectivity index (χ0v) is 28.9. The van der Waals surface area contributed by atoms with Crippen molar-refractivity contribution in [3.05, 3.63) is 163 Å². The van der Waals surface area contributed by atoms with Gasteiger partial charge in [0.2, 0.25) is 0 Å². The topological polar surface area (TPSA) is 51.9 Å². The van der Waals surface area contributed by atoms with Crippen LogP contribution in [0, 0.1) is 0 Å². The summed E-state index contributed by atoms with van der Waals surface area (Å²) in [6, 6.07) is 54.0. The molecule has 0 spiro atoms. The van der Waals surface area contributed by atoms with Crippen LogP contribution in [0.1, 0.15) is 10.4 Å². The minimum Gasteiger partial charge on any atom is -0.497 e. The van der Waals surface area contributed by atoms with Gasteiger partial charge in [0, 0.05) is 32.9 Å². The van der Waals surface area contributed by atoms with E-state index < -0.39 is 0 Å². The first-order valence-electron chi connectivity index (χ1n) is 16.6. The molecule has 2 heterocycles. The van der Waals surface area contributed by atoms with Gasteiger partial charge < -0.3 is 18.8 Å². The van der Waals surface area contributed by atoms with Crippen molar-refractivity contribution < 1.29 is 18.7 Å². The molecule has 8 rings (SSSR count). The summed E-state index contributed by atoms with van der Waals surface area (Å²) in [7, 11) is 3.36. The van der Waals surface area contributed by atoms with Gasteiger partial charge in [0.1, 0.15) is 29.1 Å². The van der Waals surface area contributed by atoms with E-state index in [-0.39, 0.29) is 0 Å². The predicted octanol–water partition coefficient (Wildman–Crippen LogP) is 12.5. The Balaban J connectivity index is 1.11. The summed E-state index contributed by atoms with van der Waals surface area (Å²) in [4.78, 5) is 15.7. The number of hydrogen-bond acceptors (Lipinski definition) is 6. The molecular weight excluding hydrogens is 651 g/mol. The van der Waals surface area contributed by atoms with E-state index in [0.717, 1.165) is 83.6 Å². The van der Waals surface area contributed by atoms with Crippen LogP contribution in [0.5, 0.6) is 11.5 Å². The summed E-state index contributed by atoms with van der Waals surface area (Å²) in [5.74, 6) is 2.47. The van der Waals surface area contributed by atoms with Crippen molar-refractivity contribution in [3.8, 4) is 54.8 Å². The quantitative estimate of drug-likeness (QED) is 0.134. The third-order valence-electron chi connectivity index (χ3n) is 9.04. The van der Waals surface area contributed by atoms with E-state index in [9.17, 15) is 4.79 Å². The molecule has 0 fully saturated rings. The van der Waals surface area contributed by atoms with Gasteiger partial charge in [-0.2, -0.15) is 0 Å². The van der Waals surface area contributed by atoms with Gasteiger partial charge in [-0.3, -0.25) is 4.79 Å². The number of thiophene rings is 1. The average molecular weight is 684 g/mol. The molecule has 2 aromatic heterocycles. The van der Waals surface area contributed by atoms with Crippen LogP contribution >= 0.6 is 11.3 Å². The Morgan fingerprint density at radius 3 is 1.43 bits per heavy atom. The van der Waals surface area contributed by atoms with Gasteiger partial charge in [-0.1, -0.05) is 72.8 Å². The van der Waals surface area contributed by atoms with Crippen LogP contribution in [0.4, 0.5) is 17.1 Å². The molecule has 0 N–H and O–H groups in total. The summed E-state index contributed by atoms with van der Waals surface area (Å²) >= 11 is 1.68. The zero-order valence-electron chi connectivity index (χ0n) is 28.1. The second-order valence-electron chi connectivity index (χ2n) is 12.1. The number of nitrogens with zero attached hydrogens (tertiary/aromatic N) is 1. The first-order valence-corrected chi connectivity index (χ1v) is 17.4. The fraction of sp³-hybridized carbons (Fsp3) is 0.0444. The zero-order chi connectivity index (χ0) is 34.7. The molecule has 0 amide bonds. The van der Waals surface area contributed by atoms with Crippen molar-refractivity contribution in [3.63, 3.8) is 0 Å². The highest BCUT2D eigenvalue weighted by molar-refractivity contribution is 7.18. The highest BCUT2D eigenvalue weighted by Gasteiger charge is 2.15. The van der Waals surface area contributed by atoms with Crippen molar-refractivity contribution in [2.24, 2.45) is 0 Å². The highest BCUT2D eigenvalue weighted by Crippen LogP contribution is 2.40. The summed E-state index contributed by atoms with van der Waals surface area (Å²) in [6.45, 7) is 0. The van der Waals surface area contributed by atoms with Gasteiger partial charge in [0.15, 0.2) is 0 Å². The van der Waals surface area contributed by atoms with Crippen molar-refractivity contribution in [2.75, 3.05) is 19.1 Å². The smallest absolute Gasteiger partial charge is 0.150 e. The lowest BCUT2D eigenvalue weighted by atomic mass is 10.0. The molecule has 6 aromatic carbocycles. The molecule has 248 valence electrons. The lowest BCUT2D eigenvalue weighted by Gasteiger charge is -2.26. The maximum atomic E-state index is 11.2. The maximum absolute atomic E-state index is 11.2. The predicted molar refractivity (Wildman–Crippen MR) is 209 cm³/mol.